The van der Waals surface area contributed by atoms with Crippen LogP contribution in [-0.2, 0) is 0 Å². The van der Waals surface area contributed by atoms with Crippen molar-refractivity contribution in [3.8, 4) is 5.75 Å². The maximum atomic E-state index is 11.0. The van der Waals surface area contributed by atoms with Gasteiger partial charge in [-0.05, 0) is 37.1 Å². The van der Waals surface area contributed by atoms with Crippen molar-refractivity contribution in [1.82, 2.24) is 5.48 Å². The Morgan fingerprint density at radius 1 is 1.31 bits per heavy atom. The van der Waals surface area contributed by atoms with E-state index in [2.05, 4.69) is 0 Å². The molecule has 1 aromatic rings. The molecule has 0 aliphatic heterocycles. The van der Waals surface area contributed by atoms with Gasteiger partial charge in [-0.2, -0.15) is 0 Å². The smallest absolute Gasteiger partial charge is 0.274 e. The summed E-state index contributed by atoms with van der Waals surface area (Å²) in [5.74, 6) is -0.402. The van der Waals surface area contributed by atoms with Crippen LogP contribution in [0.15, 0.2) is 12.1 Å². The van der Waals surface area contributed by atoms with Crippen molar-refractivity contribution in [1.29, 1.82) is 0 Å². The van der Waals surface area contributed by atoms with Crippen molar-refractivity contribution in [3.05, 3.63) is 28.8 Å². The van der Waals surface area contributed by atoms with Crippen molar-refractivity contribution in [2.24, 2.45) is 0 Å². The number of amides is 1. The van der Waals surface area contributed by atoms with Gasteiger partial charge in [-0.25, -0.2) is 5.48 Å². The highest BCUT2D eigenvalue weighted by molar-refractivity contribution is 5.94. The van der Waals surface area contributed by atoms with E-state index in [0.29, 0.717) is 16.7 Å². The van der Waals surface area contributed by atoms with Crippen LogP contribution in [0.25, 0.3) is 0 Å². The molecular formula is C9H11NO3. The lowest BCUT2D eigenvalue weighted by molar-refractivity contribution is 0.0706. The summed E-state index contributed by atoms with van der Waals surface area (Å²) in [5.41, 5.74) is 3.08. The number of nitrogens with one attached hydrogen (secondary N) is 1. The van der Waals surface area contributed by atoms with Gasteiger partial charge in [0.15, 0.2) is 0 Å². The van der Waals surface area contributed by atoms with Crippen molar-refractivity contribution >= 4 is 5.91 Å². The maximum absolute atomic E-state index is 11.0. The van der Waals surface area contributed by atoms with Gasteiger partial charge in [0.25, 0.3) is 5.91 Å². The number of aromatic hydroxyl groups is 1. The zero-order valence-corrected chi connectivity index (χ0v) is 7.46. The average molecular weight is 181 g/mol. The van der Waals surface area contributed by atoms with Gasteiger partial charge in [-0.1, -0.05) is 0 Å². The van der Waals surface area contributed by atoms with Gasteiger partial charge in [-0.15, -0.1) is 0 Å². The predicted octanol–water partition coefficient (Wildman–Crippen LogP) is 1.13. The first kappa shape index (κ1) is 9.54. The van der Waals surface area contributed by atoms with E-state index in [1.165, 1.54) is 17.6 Å². The number of carbonyl (C=O) groups excluding carboxylic acids is 1. The first-order valence-electron chi connectivity index (χ1n) is 3.81. The molecule has 0 spiro atoms. The molecule has 0 fully saturated rings. The number of rotatable bonds is 1. The number of hydrogen-bond acceptors (Lipinski definition) is 3. The predicted molar refractivity (Wildman–Crippen MR) is 46.8 cm³/mol. The Morgan fingerprint density at radius 3 is 2.15 bits per heavy atom. The zero-order valence-electron chi connectivity index (χ0n) is 7.46. The molecule has 0 heterocycles. The third kappa shape index (κ3) is 1.78. The van der Waals surface area contributed by atoms with Crippen LogP contribution in [0.5, 0.6) is 5.75 Å². The second kappa shape index (κ2) is 3.45. The maximum Gasteiger partial charge on any atom is 0.274 e. The molecule has 0 saturated heterocycles. The molecule has 0 aliphatic rings. The number of benzene rings is 1. The number of phenols is 1. The monoisotopic (exact) mass is 181 g/mol. The number of phenolic OH excluding ortho intramolecular Hbond substituents is 1. The largest absolute Gasteiger partial charge is 0.507 e. The van der Waals surface area contributed by atoms with Gasteiger partial charge in [0.2, 0.25) is 0 Å². The molecule has 0 radical (unpaired) electrons. The molecule has 13 heavy (non-hydrogen) atoms. The lowest BCUT2D eigenvalue weighted by Gasteiger charge is -2.05. The van der Waals surface area contributed by atoms with E-state index in [4.69, 9.17) is 5.21 Å². The fraction of sp³-hybridized carbons (Fsp3) is 0.222. The Balaban J connectivity index is 3.20. The summed E-state index contributed by atoms with van der Waals surface area (Å²) in [6.07, 6.45) is 0. The van der Waals surface area contributed by atoms with Crippen LogP contribution in [0.3, 0.4) is 0 Å². The molecule has 1 rings (SSSR count). The topological polar surface area (TPSA) is 69.6 Å². The molecular weight excluding hydrogens is 170 g/mol. The van der Waals surface area contributed by atoms with Crippen molar-refractivity contribution < 1.29 is 15.1 Å². The first-order chi connectivity index (χ1) is 6.06. The summed E-state index contributed by atoms with van der Waals surface area (Å²) in [6.45, 7) is 3.38. The lowest BCUT2D eigenvalue weighted by atomic mass is 10.1. The molecule has 4 nitrogen and oxygen atoms in total. The van der Waals surface area contributed by atoms with Gasteiger partial charge < -0.3 is 5.11 Å². The third-order valence-corrected chi connectivity index (χ3v) is 1.85. The second-order valence-corrected chi connectivity index (χ2v) is 2.90. The van der Waals surface area contributed by atoms with E-state index in [1.807, 2.05) is 0 Å². The highest BCUT2D eigenvalue weighted by Gasteiger charge is 2.08. The van der Waals surface area contributed by atoms with E-state index in [-0.39, 0.29) is 5.75 Å². The van der Waals surface area contributed by atoms with E-state index in [9.17, 15) is 9.90 Å². The lowest BCUT2D eigenvalue weighted by Crippen LogP contribution is -2.18. The Hall–Kier alpha value is -1.55. The minimum Gasteiger partial charge on any atom is -0.507 e. The third-order valence-electron chi connectivity index (χ3n) is 1.85. The zero-order chi connectivity index (χ0) is 10.0. The normalized spacial score (nSPS) is 9.77. The van der Waals surface area contributed by atoms with Crippen LogP contribution >= 0.6 is 0 Å². The molecule has 70 valence electrons. The molecule has 3 N–H and O–H groups in total. The molecule has 1 amide bonds. The number of hydroxylamine groups is 1. The Kier molecular flexibility index (Phi) is 2.53. The summed E-state index contributed by atoms with van der Waals surface area (Å²) < 4.78 is 0. The summed E-state index contributed by atoms with van der Waals surface area (Å²) in [4.78, 5) is 11.0. The summed E-state index contributed by atoms with van der Waals surface area (Å²) in [6, 6.07) is 3.02. The number of aryl methyl sites for hydroxylation is 2. The molecule has 1 aromatic carbocycles. The SMILES string of the molecule is Cc1cc(C(=O)NO)cc(C)c1O. The molecule has 4 heteroatoms. The van der Waals surface area contributed by atoms with Crippen LogP contribution in [0.2, 0.25) is 0 Å². The quantitative estimate of drug-likeness (QED) is 0.449. The van der Waals surface area contributed by atoms with Gasteiger partial charge >= 0.3 is 0 Å². The van der Waals surface area contributed by atoms with E-state index < -0.39 is 5.91 Å². The summed E-state index contributed by atoms with van der Waals surface area (Å²) in [5, 5.41) is 17.8. The van der Waals surface area contributed by atoms with Crippen LogP contribution in [0.1, 0.15) is 21.5 Å². The first-order valence-corrected chi connectivity index (χ1v) is 3.81. The molecule has 0 aromatic heterocycles. The Bertz CT molecular complexity index is 324. The Morgan fingerprint density at radius 2 is 1.77 bits per heavy atom. The molecule has 0 unspecified atom stereocenters. The molecule has 0 aliphatic carbocycles. The highest BCUT2D eigenvalue weighted by Crippen LogP contribution is 2.22. The fourth-order valence-corrected chi connectivity index (χ4v) is 1.15. The van der Waals surface area contributed by atoms with Crippen LogP contribution in [0, 0.1) is 13.8 Å². The van der Waals surface area contributed by atoms with Gasteiger partial charge in [-0.3, -0.25) is 10.0 Å². The summed E-state index contributed by atoms with van der Waals surface area (Å²) in [7, 11) is 0. The number of hydrogen-bond donors (Lipinski definition) is 3. The molecule has 0 atom stereocenters. The number of carbonyl (C=O) groups is 1. The molecule has 0 saturated carbocycles. The highest BCUT2D eigenvalue weighted by atomic mass is 16.5. The van der Waals surface area contributed by atoms with Crippen LogP contribution in [-0.4, -0.2) is 16.2 Å². The van der Waals surface area contributed by atoms with E-state index in [1.54, 1.807) is 13.8 Å². The van der Waals surface area contributed by atoms with E-state index in [0.717, 1.165) is 0 Å². The minimum absolute atomic E-state index is 0.175. The van der Waals surface area contributed by atoms with Gasteiger partial charge in [0.1, 0.15) is 5.75 Å². The van der Waals surface area contributed by atoms with E-state index >= 15 is 0 Å². The minimum atomic E-state index is -0.578. The fourth-order valence-electron chi connectivity index (χ4n) is 1.15. The van der Waals surface area contributed by atoms with Crippen LogP contribution in [0.4, 0.5) is 0 Å². The Labute approximate surface area is 75.8 Å². The van der Waals surface area contributed by atoms with Crippen molar-refractivity contribution in [3.63, 3.8) is 0 Å². The van der Waals surface area contributed by atoms with Gasteiger partial charge in [0, 0.05) is 5.56 Å². The van der Waals surface area contributed by atoms with Crippen molar-refractivity contribution in [2.75, 3.05) is 0 Å². The molecule has 0 bridgehead atoms. The second-order valence-electron chi connectivity index (χ2n) is 2.90. The van der Waals surface area contributed by atoms with Crippen LogP contribution < -0.4 is 5.48 Å². The summed E-state index contributed by atoms with van der Waals surface area (Å²) >= 11 is 0. The average Bonchev–Trinajstić information content (AvgIpc) is 2.12. The van der Waals surface area contributed by atoms with Crippen molar-refractivity contribution in [2.45, 2.75) is 13.8 Å². The standard InChI is InChI=1S/C9H11NO3/c1-5-3-7(9(12)10-13)4-6(2)8(5)11/h3-4,11,13H,1-2H3,(H,10,12). The van der Waals surface area contributed by atoms with Gasteiger partial charge in [0.05, 0.1) is 0 Å².